The van der Waals surface area contributed by atoms with E-state index in [1.165, 1.54) is 6.26 Å². The molecule has 0 spiro atoms. The number of hydrogen-bond acceptors (Lipinski definition) is 3. The van der Waals surface area contributed by atoms with Crippen molar-refractivity contribution >= 4 is 11.8 Å². The van der Waals surface area contributed by atoms with Crippen molar-refractivity contribution in [3.05, 3.63) is 84.3 Å². The molecular weight excluding hydrogens is 352 g/mol. The zero-order chi connectivity index (χ0) is 19.3. The van der Waals surface area contributed by atoms with Crippen LogP contribution in [0.5, 0.6) is 0 Å². The Morgan fingerprint density at radius 2 is 1.54 bits per heavy atom. The highest BCUT2D eigenvalue weighted by Crippen LogP contribution is 2.20. The van der Waals surface area contributed by atoms with Gasteiger partial charge in [0.25, 0.3) is 11.8 Å². The lowest BCUT2D eigenvalue weighted by molar-refractivity contribution is 0.0667. The third-order valence-corrected chi connectivity index (χ3v) is 5.10. The fourth-order valence-electron chi connectivity index (χ4n) is 3.50. The maximum atomic E-state index is 12.6. The van der Waals surface area contributed by atoms with Gasteiger partial charge in [0.1, 0.15) is 0 Å². The minimum atomic E-state index is -0.0914. The molecule has 3 aromatic rings. The summed E-state index contributed by atoms with van der Waals surface area (Å²) < 4.78 is 5.18. The number of carbonyl (C=O) groups excluding carboxylic acids is 2. The van der Waals surface area contributed by atoms with E-state index in [0.717, 1.165) is 24.0 Å². The average molecular weight is 374 g/mol. The van der Waals surface area contributed by atoms with Gasteiger partial charge in [0, 0.05) is 24.7 Å². The predicted octanol–water partition coefficient (Wildman–Crippen LogP) is 3.98. The molecule has 1 aromatic heterocycles. The van der Waals surface area contributed by atoms with Crippen LogP contribution in [0.3, 0.4) is 0 Å². The van der Waals surface area contributed by atoms with Crippen LogP contribution in [-0.2, 0) is 0 Å². The molecule has 1 aliphatic heterocycles. The van der Waals surface area contributed by atoms with Crippen molar-refractivity contribution in [2.75, 3.05) is 13.1 Å². The Bertz CT molecular complexity index is 926. The van der Waals surface area contributed by atoms with Crippen LogP contribution in [0, 0.1) is 0 Å². The molecule has 5 nitrogen and oxygen atoms in total. The van der Waals surface area contributed by atoms with E-state index < -0.39 is 0 Å². The lowest BCUT2D eigenvalue weighted by Crippen LogP contribution is -2.46. The van der Waals surface area contributed by atoms with Crippen LogP contribution in [0.1, 0.15) is 33.8 Å². The molecule has 0 saturated carbocycles. The third kappa shape index (κ3) is 3.98. The normalized spacial score (nSPS) is 14.6. The fraction of sp³-hybridized carbons (Fsp3) is 0.217. The number of likely N-dealkylation sites (tertiary alicyclic amines) is 1. The quantitative estimate of drug-likeness (QED) is 0.751. The highest BCUT2D eigenvalue weighted by molar-refractivity contribution is 5.95. The Kier molecular flexibility index (Phi) is 5.24. The Balaban J connectivity index is 1.31. The van der Waals surface area contributed by atoms with Gasteiger partial charge in [-0.15, -0.1) is 0 Å². The average Bonchev–Trinajstić information content (AvgIpc) is 3.29. The molecule has 1 saturated heterocycles. The van der Waals surface area contributed by atoms with Crippen LogP contribution in [0.15, 0.2) is 77.4 Å². The second-order valence-corrected chi connectivity index (χ2v) is 6.96. The molecule has 1 N–H and O–H groups in total. The first-order chi connectivity index (χ1) is 13.7. The van der Waals surface area contributed by atoms with E-state index in [2.05, 4.69) is 5.32 Å². The maximum absolute atomic E-state index is 12.6. The van der Waals surface area contributed by atoms with E-state index in [1.807, 2.05) is 54.6 Å². The molecule has 2 amide bonds. The minimum absolute atomic E-state index is 0.0713. The highest BCUT2D eigenvalue weighted by atomic mass is 16.3. The standard InChI is InChI=1S/C23H22N2O3/c26-22(19-10-8-18(9-11-19)17-5-2-1-3-6-17)24-20-12-14-25(15-13-20)23(27)21-7-4-16-28-21/h1-11,16,20H,12-15H2,(H,24,26). The molecule has 0 unspecified atom stereocenters. The molecule has 2 aromatic carbocycles. The molecule has 0 radical (unpaired) electrons. The number of nitrogens with zero attached hydrogens (tertiary/aromatic N) is 1. The lowest BCUT2D eigenvalue weighted by Gasteiger charge is -2.31. The van der Waals surface area contributed by atoms with Gasteiger partial charge in [-0.1, -0.05) is 42.5 Å². The Hall–Kier alpha value is -3.34. The van der Waals surface area contributed by atoms with E-state index in [1.54, 1.807) is 17.0 Å². The van der Waals surface area contributed by atoms with E-state index in [0.29, 0.717) is 24.4 Å². The summed E-state index contributed by atoms with van der Waals surface area (Å²) in [6.45, 7) is 1.22. The summed E-state index contributed by atoms with van der Waals surface area (Å²) in [6.07, 6.45) is 2.98. The van der Waals surface area contributed by atoms with E-state index >= 15 is 0 Å². The Labute approximate surface area is 164 Å². The van der Waals surface area contributed by atoms with Gasteiger partial charge in [0.15, 0.2) is 5.76 Å². The molecule has 142 valence electrons. The SMILES string of the molecule is O=C(NC1CCN(C(=O)c2ccco2)CC1)c1ccc(-c2ccccc2)cc1. The summed E-state index contributed by atoms with van der Waals surface area (Å²) >= 11 is 0. The second kappa shape index (κ2) is 8.13. The van der Waals surface area contributed by atoms with Crippen molar-refractivity contribution in [1.29, 1.82) is 0 Å². The number of carbonyl (C=O) groups is 2. The van der Waals surface area contributed by atoms with E-state index in [-0.39, 0.29) is 17.9 Å². The topological polar surface area (TPSA) is 62.6 Å². The molecule has 0 aliphatic carbocycles. The fourth-order valence-corrected chi connectivity index (χ4v) is 3.50. The lowest BCUT2D eigenvalue weighted by atomic mass is 10.0. The van der Waals surface area contributed by atoms with Crippen LogP contribution in [-0.4, -0.2) is 35.8 Å². The summed E-state index contributed by atoms with van der Waals surface area (Å²) in [5, 5.41) is 3.09. The van der Waals surface area contributed by atoms with Crippen LogP contribution in [0.2, 0.25) is 0 Å². The first-order valence-electron chi connectivity index (χ1n) is 9.50. The monoisotopic (exact) mass is 374 g/mol. The van der Waals surface area contributed by atoms with Gasteiger partial charge in [-0.2, -0.15) is 0 Å². The molecule has 1 fully saturated rings. The molecular formula is C23H22N2O3. The summed E-state index contributed by atoms with van der Waals surface area (Å²) in [5.41, 5.74) is 2.86. The number of hydrogen-bond donors (Lipinski definition) is 1. The maximum Gasteiger partial charge on any atom is 0.289 e. The van der Waals surface area contributed by atoms with Gasteiger partial charge in [-0.25, -0.2) is 0 Å². The molecule has 28 heavy (non-hydrogen) atoms. The number of nitrogens with one attached hydrogen (secondary N) is 1. The molecule has 0 atom stereocenters. The predicted molar refractivity (Wildman–Crippen MR) is 107 cm³/mol. The van der Waals surface area contributed by atoms with Gasteiger partial charge in [0.05, 0.1) is 6.26 Å². The Morgan fingerprint density at radius 1 is 0.857 bits per heavy atom. The number of piperidine rings is 1. The first-order valence-corrected chi connectivity index (χ1v) is 9.50. The smallest absolute Gasteiger partial charge is 0.289 e. The molecule has 5 heteroatoms. The van der Waals surface area contributed by atoms with Crippen molar-refractivity contribution in [2.24, 2.45) is 0 Å². The zero-order valence-electron chi connectivity index (χ0n) is 15.5. The van der Waals surface area contributed by atoms with Crippen LogP contribution in [0.25, 0.3) is 11.1 Å². The van der Waals surface area contributed by atoms with Crippen molar-refractivity contribution < 1.29 is 14.0 Å². The summed E-state index contributed by atoms with van der Waals surface area (Å²) in [7, 11) is 0. The van der Waals surface area contributed by atoms with Crippen molar-refractivity contribution in [3.8, 4) is 11.1 Å². The molecule has 1 aliphatic rings. The van der Waals surface area contributed by atoms with E-state index in [9.17, 15) is 9.59 Å². The van der Waals surface area contributed by atoms with Crippen molar-refractivity contribution in [3.63, 3.8) is 0 Å². The van der Waals surface area contributed by atoms with Gasteiger partial charge >= 0.3 is 0 Å². The highest BCUT2D eigenvalue weighted by Gasteiger charge is 2.26. The van der Waals surface area contributed by atoms with Gasteiger partial charge in [0.2, 0.25) is 0 Å². The molecule has 0 bridgehead atoms. The van der Waals surface area contributed by atoms with Crippen LogP contribution in [0.4, 0.5) is 0 Å². The number of rotatable bonds is 4. The van der Waals surface area contributed by atoms with Crippen molar-refractivity contribution in [1.82, 2.24) is 10.2 Å². The Morgan fingerprint density at radius 3 is 2.18 bits per heavy atom. The number of benzene rings is 2. The third-order valence-electron chi connectivity index (χ3n) is 5.10. The molecule has 4 rings (SSSR count). The largest absolute Gasteiger partial charge is 0.459 e. The van der Waals surface area contributed by atoms with Gasteiger partial charge < -0.3 is 14.6 Å². The zero-order valence-corrected chi connectivity index (χ0v) is 15.5. The molecule has 2 heterocycles. The summed E-state index contributed by atoms with van der Waals surface area (Å²) in [5.74, 6) is 0.197. The first kappa shape index (κ1) is 18.0. The second-order valence-electron chi connectivity index (χ2n) is 6.96. The van der Waals surface area contributed by atoms with E-state index in [4.69, 9.17) is 4.42 Å². The van der Waals surface area contributed by atoms with Crippen LogP contribution < -0.4 is 5.32 Å². The van der Waals surface area contributed by atoms with Gasteiger partial charge in [-0.3, -0.25) is 9.59 Å². The minimum Gasteiger partial charge on any atom is -0.459 e. The number of amides is 2. The summed E-state index contributed by atoms with van der Waals surface area (Å²) in [4.78, 5) is 26.6. The van der Waals surface area contributed by atoms with Crippen molar-refractivity contribution in [2.45, 2.75) is 18.9 Å². The van der Waals surface area contributed by atoms with Crippen LogP contribution >= 0.6 is 0 Å². The number of furan rings is 1. The van der Waals surface area contributed by atoms with Gasteiger partial charge in [-0.05, 0) is 48.2 Å². The summed E-state index contributed by atoms with van der Waals surface area (Å²) in [6, 6.07) is 21.2.